The maximum atomic E-state index is 4.82. The number of pyridine rings is 1. The highest BCUT2D eigenvalue weighted by molar-refractivity contribution is 5.90. The van der Waals surface area contributed by atoms with Crippen molar-refractivity contribution in [1.82, 2.24) is 4.98 Å². The van der Waals surface area contributed by atoms with Crippen molar-refractivity contribution in [1.29, 1.82) is 0 Å². The lowest BCUT2D eigenvalue weighted by Crippen LogP contribution is -2.31. The van der Waals surface area contributed by atoms with Crippen molar-refractivity contribution in [3.8, 4) is 0 Å². The monoisotopic (exact) mass is 493 g/mol. The summed E-state index contributed by atoms with van der Waals surface area (Å²) in [4.78, 5) is 9.56. The molecule has 38 heavy (non-hydrogen) atoms. The topological polar surface area (TPSA) is 19.4 Å². The number of nitrogens with zero attached hydrogens (tertiary/aromatic N) is 3. The minimum Gasteiger partial charge on any atom is -0.308 e. The molecule has 7 rings (SSSR count). The SMILES string of the molecule is CC1(C)c2ccccc2N(c2cncc(N3c4ccccc4C(C)(C)c4ccccc43)c2)c2ccccc21. The van der Waals surface area contributed by atoms with Crippen molar-refractivity contribution in [2.24, 2.45) is 0 Å². The molecular weight excluding hydrogens is 462 g/mol. The molecule has 3 nitrogen and oxygen atoms in total. The second-order valence-electron chi connectivity index (χ2n) is 11.4. The van der Waals surface area contributed by atoms with Gasteiger partial charge in [-0.1, -0.05) is 100 Å². The first-order valence-corrected chi connectivity index (χ1v) is 13.3. The third-order valence-electron chi connectivity index (χ3n) is 8.50. The van der Waals surface area contributed by atoms with E-state index in [-0.39, 0.29) is 10.8 Å². The van der Waals surface area contributed by atoms with Gasteiger partial charge in [0.25, 0.3) is 0 Å². The summed E-state index contributed by atoms with van der Waals surface area (Å²) in [6.45, 7) is 9.28. The Kier molecular flexibility index (Phi) is 4.84. The van der Waals surface area contributed by atoms with Crippen LogP contribution in [-0.2, 0) is 10.8 Å². The van der Waals surface area contributed by atoms with Gasteiger partial charge in [-0.15, -0.1) is 0 Å². The number of hydrogen-bond acceptors (Lipinski definition) is 3. The quantitative estimate of drug-likeness (QED) is 0.244. The third-order valence-corrected chi connectivity index (χ3v) is 8.50. The Morgan fingerprint density at radius 3 is 1.05 bits per heavy atom. The summed E-state index contributed by atoms with van der Waals surface area (Å²) < 4.78 is 0. The molecule has 0 amide bonds. The summed E-state index contributed by atoms with van der Waals surface area (Å²) in [5.41, 5.74) is 12.0. The van der Waals surface area contributed by atoms with Gasteiger partial charge in [0.2, 0.25) is 0 Å². The molecule has 0 saturated heterocycles. The van der Waals surface area contributed by atoms with E-state index in [9.17, 15) is 0 Å². The van der Waals surface area contributed by atoms with Gasteiger partial charge in [-0.25, -0.2) is 0 Å². The normalized spacial score (nSPS) is 16.2. The van der Waals surface area contributed by atoms with Gasteiger partial charge in [-0.3, -0.25) is 4.98 Å². The Morgan fingerprint density at radius 1 is 0.447 bits per heavy atom. The number of para-hydroxylation sites is 4. The number of rotatable bonds is 2. The van der Waals surface area contributed by atoms with Crippen molar-refractivity contribution in [2.45, 2.75) is 38.5 Å². The van der Waals surface area contributed by atoms with E-state index in [4.69, 9.17) is 4.98 Å². The smallest absolute Gasteiger partial charge is 0.0666 e. The highest BCUT2D eigenvalue weighted by Gasteiger charge is 2.38. The molecule has 0 spiro atoms. The van der Waals surface area contributed by atoms with Crippen LogP contribution in [0.2, 0.25) is 0 Å². The summed E-state index contributed by atoms with van der Waals surface area (Å²) in [5.74, 6) is 0. The van der Waals surface area contributed by atoms with Crippen LogP contribution in [0.4, 0.5) is 34.1 Å². The van der Waals surface area contributed by atoms with Crippen LogP contribution >= 0.6 is 0 Å². The lowest BCUT2D eigenvalue weighted by atomic mass is 9.73. The molecule has 3 heteroatoms. The average molecular weight is 494 g/mol. The average Bonchev–Trinajstić information content (AvgIpc) is 2.94. The highest BCUT2D eigenvalue weighted by atomic mass is 15.2. The molecule has 0 radical (unpaired) electrons. The molecule has 0 saturated carbocycles. The fourth-order valence-electron chi connectivity index (χ4n) is 6.56. The van der Waals surface area contributed by atoms with Gasteiger partial charge in [0, 0.05) is 10.8 Å². The second-order valence-corrected chi connectivity index (χ2v) is 11.4. The Labute approximate surface area is 225 Å². The first-order chi connectivity index (χ1) is 18.4. The lowest BCUT2D eigenvalue weighted by Gasteiger charge is -2.43. The van der Waals surface area contributed by atoms with Crippen LogP contribution in [0.5, 0.6) is 0 Å². The van der Waals surface area contributed by atoms with E-state index < -0.39 is 0 Å². The van der Waals surface area contributed by atoms with Crippen molar-refractivity contribution < 1.29 is 0 Å². The Morgan fingerprint density at radius 2 is 0.737 bits per heavy atom. The lowest BCUT2D eigenvalue weighted by molar-refractivity contribution is 0.631. The van der Waals surface area contributed by atoms with E-state index in [0.717, 1.165) is 11.4 Å². The molecule has 5 aromatic rings. The summed E-state index contributed by atoms with van der Waals surface area (Å²) in [6.07, 6.45) is 3.97. The molecule has 0 N–H and O–H groups in total. The molecule has 2 aliphatic rings. The first-order valence-electron chi connectivity index (χ1n) is 13.3. The molecule has 0 atom stereocenters. The van der Waals surface area contributed by atoms with E-state index in [1.807, 2.05) is 12.4 Å². The van der Waals surface area contributed by atoms with Gasteiger partial charge in [0.15, 0.2) is 0 Å². The zero-order valence-electron chi connectivity index (χ0n) is 22.3. The summed E-state index contributed by atoms with van der Waals surface area (Å²) >= 11 is 0. The fraction of sp³-hybridized carbons (Fsp3) is 0.171. The van der Waals surface area contributed by atoms with Crippen LogP contribution in [0.3, 0.4) is 0 Å². The molecule has 3 heterocycles. The zero-order valence-corrected chi connectivity index (χ0v) is 22.3. The molecule has 0 unspecified atom stereocenters. The van der Waals surface area contributed by atoms with Crippen molar-refractivity contribution >= 4 is 34.1 Å². The molecule has 4 aromatic carbocycles. The van der Waals surface area contributed by atoms with Crippen molar-refractivity contribution in [3.63, 3.8) is 0 Å². The number of hydrogen-bond donors (Lipinski definition) is 0. The van der Waals surface area contributed by atoms with E-state index >= 15 is 0 Å². The van der Waals surface area contributed by atoms with Crippen LogP contribution in [-0.4, -0.2) is 4.98 Å². The zero-order chi connectivity index (χ0) is 26.1. The second kappa shape index (κ2) is 8.06. The largest absolute Gasteiger partial charge is 0.308 e. The minimum absolute atomic E-state index is 0.0922. The predicted octanol–water partition coefficient (Wildman–Crippen LogP) is 9.30. The molecule has 0 fully saturated rings. The number of benzene rings is 4. The van der Waals surface area contributed by atoms with Crippen LogP contribution in [0.25, 0.3) is 0 Å². The van der Waals surface area contributed by atoms with Gasteiger partial charge in [0.1, 0.15) is 0 Å². The summed E-state index contributed by atoms with van der Waals surface area (Å²) in [7, 11) is 0. The number of aromatic nitrogens is 1. The van der Waals surface area contributed by atoms with Crippen molar-refractivity contribution in [3.05, 3.63) is 138 Å². The van der Waals surface area contributed by atoms with Crippen molar-refractivity contribution in [2.75, 3.05) is 9.80 Å². The van der Waals surface area contributed by atoms with Gasteiger partial charge in [-0.2, -0.15) is 0 Å². The predicted molar refractivity (Wildman–Crippen MR) is 158 cm³/mol. The van der Waals surface area contributed by atoms with Crippen LogP contribution in [0, 0.1) is 0 Å². The minimum atomic E-state index is -0.0922. The highest BCUT2D eigenvalue weighted by Crippen LogP contribution is 2.54. The Balaban J connectivity index is 1.45. The fourth-order valence-corrected chi connectivity index (χ4v) is 6.56. The maximum absolute atomic E-state index is 4.82. The molecule has 0 bridgehead atoms. The Bertz CT molecular complexity index is 1480. The molecular formula is C35H31N3. The van der Waals surface area contributed by atoms with Gasteiger partial charge < -0.3 is 9.80 Å². The first kappa shape index (κ1) is 22.8. The third kappa shape index (κ3) is 3.11. The van der Waals surface area contributed by atoms with Crippen LogP contribution in [0.1, 0.15) is 49.9 Å². The summed E-state index contributed by atoms with van der Waals surface area (Å²) in [6, 6.07) is 37.3. The van der Waals surface area contributed by atoms with Gasteiger partial charge in [-0.05, 0) is 52.6 Å². The Hall–Kier alpha value is -4.37. The number of fused-ring (bicyclic) bond motifs is 4. The van der Waals surface area contributed by atoms with E-state index in [1.54, 1.807) is 0 Å². The molecule has 0 aliphatic carbocycles. The molecule has 2 aliphatic heterocycles. The van der Waals surface area contributed by atoms with E-state index in [1.165, 1.54) is 45.0 Å². The molecule has 186 valence electrons. The maximum Gasteiger partial charge on any atom is 0.0666 e. The van der Waals surface area contributed by atoms with Crippen LogP contribution in [0.15, 0.2) is 116 Å². The summed E-state index contributed by atoms with van der Waals surface area (Å²) in [5, 5.41) is 0. The molecule has 1 aromatic heterocycles. The van der Waals surface area contributed by atoms with E-state index in [0.29, 0.717) is 0 Å². The number of anilines is 6. The van der Waals surface area contributed by atoms with Gasteiger partial charge in [0.05, 0.1) is 46.5 Å². The standard InChI is InChI=1S/C35H31N3/c1-34(2)26-13-5-9-17-30(26)37(31-18-10-6-14-27(31)34)24-21-25(23-36-22-24)38-32-19-11-7-15-28(32)35(3,4)29-16-8-12-20-33(29)38/h5-23H,1-4H3. The van der Waals surface area contributed by atoms with E-state index in [2.05, 4.69) is 141 Å². The van der Waals surface area contributed by atoms with Gasteiger partial charge >= 0.3 is 0 Å². The van der Waals surface area contributed by atoms with Crippen LogP contribution < -0.4 is 9.80 Å².